The van der Waals surface area contributed by atoms with Gasteiger partial charge in [-0.3, -0.25) is 0 Å². The highest BCUT2D eigenvalue weighted by molar-refractivity contribution is 7.16. The smallest absolute Gasteiger partial charge is 0.326 e. The Morgan fingerprint density at radius 2 is 2.21 bits per heavy atom. The molecule has 3 N–H and O–H groups in total. The van der Waals surface area contributed by atoms with Gasteiger partial charge in [0.2, 0.25) is 0 Å². The Labute approximate surface area is 121 Å². The van der Waals surface area contributed by atoms with Crippen LogP contribution in [0.25, 0.3) is 0 Å². The molecule has 0 spiro atoms. The van der Waals surface area contributed by atoms with Gasteiger partial charge >= 0.3 is 12.0 Å². The van der Waals surface area contributed by atoms with Crippen molar-refractivity contribution in [2.45, 2.75) is 32.2 Å². The molecule has 1 rings (SSSR count). The van der Waals surface area contributed by atoms with E-state index in [1.807, 2.05) is 19.1 Å². The molecule has 0 aliphatic rings. The number of carboxylic acids is 1. The Bertz CT molecular complexity index is 436. The van der Waals surface area contributed by atoms with Gasteiger partial charge in [-0.05, 0) is 25.0 Å². The van der Waals surface area contributed by atoms with Crippen molar-refractivity contribution in [2.24, 2.45) is 0 Å². The summed E-state index contributed by atoms with van der Waals surface area (Å²) in [6.45, 7) is 2.32. The van der Waals surface area contributed by atoms with Gasteiger partial charge in [0.25, 0.3) is 0 Å². The van der Waals surface area contributed by atoms with Gasteiger partial charge in [0.15, 0.2) is 0 Å². The van der Waals surface area contributed by atoms with E-state index in [0.717, 1.165) is 4.88 Å². The van der Waals surface area contributed by atoms with Crippen LogP contribution >= 0.6 is 22.9 Å². The molecule has 1 aromatic heterocycles. The summed E-state index contributed by atoms with van der Waals surface area (Å²) < 4.78 is 0.716. The van der Waals surface area contributed by atoms with Gasteiger partial charge in [-0.15, -0.1) is 11.3 Å². The fourth-order valence-electron chi connectivity index (χ4n) is 1.54. The van der Waals surface area contributed by atoms with Gasteiger partial charge in [0.05, 0.1) is 4.34 Å². The summed E-state index contributed by atoms with van der Waals surface area (Å²) in [6, 6.07) is 2.43. The van der Waals surface area contributed by atoms with Crippen LogP contribution < -0.4 is 10.6 Å². The maximum atomic E-state index is 11.5. The van der Waals surface area contributed by atoms with E-state index in [2.05, 4.69) is 10.6 Å². The molecular formula is C12H17ClN2O3S. The average molecular weight is 305 g/mol. The summed E-state index contributed by atoms with van der Waals surface area (Å²) in [4.78, 5) is 23.5. The number of amides is 2. The lowest BCUT2D eigenvalue weighted by atomic mass is 10.2. The summed E-state index contributed by atoms with van der Waals surface area (Å²) in [6.07, 6.45) is 1.80. The highest BCUT2D eigenvalue weighted by atomic mass is 35.5. The number of aliphatic carboxylic acids is 1. The van der Waals surface area contributed by atoms with Gasteiger partial charge in [-0.2, -0.15) is 0 Å². The van der Waals surface area contributed by atoms with Crippen LogP contribution in [0.2, 0.25) is 4.34 Å². The number of carboxylic acid groups (broad SMARTS) is 1. The van der Waals surface area contributed by atoms with Crippen LogP contribution in [0.15, 0.2) is 12.1 Å². The predicted octanol–water partition coefficient (Wildman–Crippen LogP) is 2.50. The molecule has 1 heterocycles. The van der Waals surface area contributed by atoms with E-state index in [0.29, 0.717) is 30.1 Å². The van der Waals surface area contributed by atoms with Crippen LogP contribution in [0.5, 0.6) is 0 Å². The van der Waals surface area contributed by atoms with Gasteiger partial charge in [-0.1, -0.05) is 24.9 Å². The van der Waals surface area contributed by atoms with Crippen molar-refractivity contribution in [2.75, 3.05) is 6.54 Å². The molecule has 0 bridgehead atoms. The van der Waals surface area contributed by atoms with Crippen LogP contribution in [-0.2, 0) is 11.2 Å². The molecule has 0 aliphatic heterocycles. The van der Waals surface area contributed by atoms with Crippen molar-refractivity contribution < 1.29 is 14.7 Å². The number of carbonyl (C=O) groups excluding carboxylic acids is 1. The minimum absolute atomic E-state index is 0.420. The summed E-state index contributed by atoms with van der Waals surface area (Å²) in [5.74, 6) is -1.01. The highest BCUT2D eigenvalue weighted by Crippen LogP contribution is 2.21. The third kappa shape index (κ3) is 5.94. The first-order chi connectivity index (χ1) is 9.02. The molecule has 7 heteroatoms. The first kappa shape index (κ1) is 15.8. The Morgan fingerprint density at radius 1 is 1.47 bits per heavy atom. The Balaban J connectivity index is 2.28. The molecule has 1 atom stereocenters. The lowest BCUT2D eigenvalue weighted by Gasteiger charge is -2.14. The highest BCUT2D eigenvalue weighted by Gasteiger charge is 2.18. The first-order valence-electron chi connectivity index (χ1n) is 6.04. The summed E-state index contributed by atoms with van der Waals surface area (Å²) in [5.41, 5.74) is 0. The minimum atomic E-state index is -1.01. The predicted molar refractivity (Wildman–Crippen MR) is 75.9 cm³/mol. The maximum absolute atomic E-state index is 11.5. The molecule has 0 saturated carbocycles. The summed E-state index contributed by atoms with van der Waals surface area (Å²) in [5, 5.41) is 14.0. The number of hydrogen-bond acceptors (Lipinski definition) is 3. The number of nitrogens with one attached hydrogen (secondary N) is 2. The van der Waals surface area contributed by atoms with Gasteiger partial charge in [-0.25, -0.2) is 9.59 Å². The topological polar surface area (TPSA) is 78.4 Å². The second-order valence-electron chi connectivity index (χ2n) is 4.04. The van der Waals surface area contributed by atoms with Crippen molar-refractivity contribution in [3.63, 3.8) is 0 Å². The van der Waals surface area contributed by atoms with E-state index < -0.39 is 18.0 Å². The Morgan fingerprint density at radius 3 is 2.74 bits per heavy atom. The molecule has 0 fully saturated rings. The number of hydrogen-bond donors (Lipinski definition) is 3. The van der Waals surface area contributed by atoms with Gasteiger partial charge in [0.1, 0.15) is 6.04 Å². The molecule has 1 aromatic rings. The van der Waals surface area contributed by atoms with Crippen LogP contribution in [0, 0.1) is 0 Å². The SMILES string of the molecule is CCC[C@@H](NC(=O)NCCc1ccc(Cl)s1)C(=O)O. The number of carbonyl (C=O) groups is 2. The third-order valence-corrected chi connectivity index (χ3v) is 3.76. The molecular weight excluding hydrogens is 288 g/mol. The molecule has 0 aliphatic carbocycles. The fraction of sp³-hybridized carbons (Fsp3) is 0.500. The van der Waals surface area contributed by atoms with Crippen LogP contribution in [-0.4, -0.2) is 29.7 Å². The quantitative estimate of drug-likeness (QED) is 0.724. The first-order valence-corrected chi connectivity index (χ1v) is 7.23. The Kier molecular flexibility index (Phi) is 6.66. The molecule has 106 valence electrons. The zero-order chi connectivity index (χ0) is 14.3. The van der Waals surface area contributed by atoms with Crippen LogP contribution in [0.1, 0.15) is 24.6 Å². The standard InChI is InChI=1S/C12H17ClN2O3S/c1-2-3-9(11(16)17)15-12(18)14-7-6-8-4-5-10(13)19-8/h4-5,9H,2-3,6-7H2,1H3,(H,16,17)(H2,14,15,18)/t9-/m1/s1. The number of thiophene rings is 1. The molecule has 19 heavy (non-hydrogen) atoms. The molecule has 0 saturated heterocycles. The van der Waals surface area contributed by atoms with Crippen molar-refractivity contribution in [3.05, 3.63) is 21.3 Å². The lowest BCUT2D eigenvalue weighted by Crippen LogP contribution is -2.46. The molecule has 0 radical (unpaired) electrons. The van der Waals surface area contributed by atoms with Gasteiger partial charge < -0.3 is 15.7 Å². The van der Waals surface area contributed by atoms with E-state index in [1.165, 1.54) is 11.3 Å². The number of rotatable bonds is 7. The van der Waals surface area contributed by atoms with E-state index in [9.17, 15) is 9.59 Å². The average Bonchev–Trinajstić information content (AvgIpc) is 2.74. The molecule has 0 aromatic carbocycles. The van der Waals surface area contributed by atoms with E-state index in [-0.39, 0.29) is 0 Å². The van der Waals surface area contributed by atoms with Crippen LogP contribution in [0.4, 0.5) is 4.79 Å². The normalized spacial score (nSPS) is 11.9. The minimum Gasteiger partial charge on any atom is -0.480 e. The fourth-order valence-corrected chi connectivity index (χ4v) is 2.63. The van der Waals surface area contributed by atoms with Crippen molar-refractivity contribution >= 4 is 34.9 Å². The molecule has 5 nitrogen and oxygen atoms in total. The van der Waals surface area contributed by atoms with Gasteiger partial charge in [0, 0.05) is 11.4 Å². The monoisotopic (exact) mass is 304 g/mol. The summed E-state index contributed by atoms with van der Waals surface area (Å²) in [7, 11) is 0. The van der Waals surface area contributed by atoms with E-state index in [1.54, 1.807) is 0 Å². The second-order valence-corrected chi connectivity index (χ2v) is 5.84. The van der Waals surface area contributed by atoms with Crippen molar-refractivity contribution in [3.8, 4) is 0 Å². The Hall–Kier alpha value is -1.27. The van der Waals surface area contributed by atoms with E-state index in [4.69, 9.17) is 16.7 Å². The number of halogens is 1. The number of urea groups is 1. The van der Waals surface area contributed by atoms with E-state index >= 15 is 0 Å². The van der Waals surface area contributed by atoms with Crippen molar-refractivity contribution in [1.82, 2.24) is 10.6 Å². The second kappa shape index (κ2) is 8.01. The summed E-state index contributed by atoms with van der Waals surface area (Å²) >= 11 is 7.26. The van der Waals surface area contributed by atoms with Crippen molar-refractivity contribution in [1.29, 1.82) is 0 Å². The zero-order valence-electron chi connectivity index (χ0n) is 10.6. The zero-order valence-corrected chi connectivity index (χ0v) is 12.2. The molecule has 2 amide bonds. The maximum Gasteiger partial charge on any atom is 0.326 e. The lowest BCUT2D eigenvalue weighted by molar-refractivity contribution is -0.139. The largest absolute Gasteiger partial charge is 0.480 e. The van der Waals surface area contributed by atoms with Crippen LogP contribution in [0.3, 0.4) is 0 Å². The third-order valence-electron chi connectivity index (χ3n) is 2.47. The molecule has 0 unspecified atom stereocenters.